The van der Waals surface area contributed by atoms with Gasteiger partial charge in [0.1, 0.15) is 5.82 Å². The molecule has 0 spiro atoms. The molecule has 1 aliphatic heterocycles. The Kier molecular flexibility index (Phi) is 5.66. The van der Waals surface area contributed by atoms with Gasteiger partial charge in [-0.1, -0.05) is 19.1 Å². The van der Waals surface area contributed by atoms with Crippen LogP contribution in [0.25, 0.3) is 0 Å². The van der Waals surface area contributed by atoms with E-state index in [0.717, 1.165) is 18.8 Å². The number of anilines is 2. The van der Waals surface area contributed by atoms with Gasteiger partial charge in [0.25, 0.3) is 5.91 Å². The minimum Gasteiger partial charge on any atom is -0.354 e. The van der Waals surface area contributed by atoms with Crippen molar-refractivity contribution >= 4 is 23.2 Å². The molecule has 0 saturated carbocycles. The molecular formula is C21H25N3O2. The predicted molar refractivity (Wildman–Crippen MR) is 104 cm³/mol. The molecule has 2 aromatic rings. The monoisotopic (exact) mass is 351 g/mol. The number of nitrogens with zero attached hydrogens (tertiary/aromatic N) is 2. The van der Waals surface area contributed by atoms with Gasteiger partial charge in [0, 0.05) is 30.0 Å². The molecule has 0 bridgehead atoms. The van der Waals surface area contributed by atoms with Crippen LogP contribution in [0, 0.1) is 0 Å². The van der Waals surface area contributed by atoms with Crippen molar-refractivity contribution in [2.45, 2.75) is 45.6 Å². The Labute approximate surface area is 154 Å². The Morgan fingerprint density at radius 3 is 2.73 bits per heavy atom. The van der Waals surface area contributed by atoms with Crippen LogP contribution >= 0.6 is 0 Å². The lowest BCUT2D eigenvalue weighted by molar-refractivity contribution is 0.101. The lowest BCUT2D eigenvalue weighted by Crippen LogP contribution is -2.39. The Morgan fingerprint density at radius 1 is 1.19 bits per heavy atom. The molecule has 1 aromatic carbocycles. The Morgan fingerprint density at radius 2 is 2.04 bits per heavy atom. The van der Waals surface area contributed by atoms with Crippen molar-refractivity contribution in [3.05, 3.63) is 53.7 Å². The molecule has 3 rings (SSSR count). The number of rotatable bonds is 5. The summed E-state index contributed by atoms with van der Waals surface area (Å²) in [5.41, 5.74) is 1.69. The van der Waals surface area contributed by atoms with E-state index in [2.05, 4.69) is 22.1 Å². The van der Waals surface area contributed by atoms with Crippen LogP contribution in [0.1, 0.15) is 60.2 Å². The molecule has 5 heteroatoms. The zero-order chi connectivity index (χ0) is 18.5. The van der Waals surface area contributed by atoms with Crippen LogP contribution in [0.5, 0.6) is 0 Å². The van der Waals surface area contributed by atoms with Crippen molar-refractivity contribution < 1.29 is 9.59 Å². The van der Waals surface area contributed by atoms with Crippen LogP contribution in [-0.2, 0) is 0 Å². The van der Waals surface area contributed by atoms with E-state index >= 15 is 0 Å². The van der Waals surface area contributed by atoms with E-state index in [-0.39, 0.29) is 11.7 Å². The van der Waals surface area contributed by atoms with E-state index in [1.54, 1.807) is 30.5 Å². The fraction of sp³-hybridized carbons (Fsp3) is 0.381. The third-order valence-corrected chi connectivity index (χ3v) is 4.93. The minimum absolute atomic E-state index is 0.0286. The molecule has 26 heavy (non-hydrogen) atoms. The van der Waals surface area contributed by atoms with Gasteiger partial charge in [-0.3, -0.25) is 9.59 Å². The Bertz CT molecular complexity index is 786. The maximum atomic E-state index is 12.5. The van der Waals surface area contributed by atoms with Gasteiger partial charge < -0.3 is 10.2 Å². The Hall–Kier alpha value is -2.69. The summed E-state index contributed by atoms with van der Waals surface area (Å²) in [6.07, 6.45) is 6.39. The van der Waals surface area contributed by atoms with E-state index in [4.69, 9.17) is 0 Å². The predicted octanol–water partition coefficient (Wildman–Crippen LogP) is 4.31. The maximum absolute atomic E-state index is 12.5. The first kappa shape index (κ1) is 18.1. The summed E-state index contributed by atoms with van der Waals surface area (Å²) in [5, 5.41) is 2.83. The van der Waals surface area contributed by atoms with Crippen molar-refractivity contribution in [3.63, 3.8) is 0 Å². The lowest BCUT2D eigenvalue weighted by atomic mass is 10.00. The normalized spacial score (nSPS) is 17.0. The van der Waals surface area contributed by atoms with Crippen molar-refractivity contribution in [1.29, 1.82) is 0 Å². The van der Waals surface area contributed by atoms with Crippen LogP contribution in [0.4, 0.5) is 11.5 Å². The molecule has 1 aliphatic rings. The molecule has 1 amide bonds. The van der Waals surface area contributed by atoms with Gasteiger partial charge in [-0.15, -0.1) is 0 Å². The quantitative estimate of drug-likeness (QED) is 0.816. The van der Waals surface area contributed by atoms with E-state index in [9.17, 15) is 9.59 Å². The van der Waals surface area contributed by atoms with Crippen LogP contribution < -0.4 is 10.2 Å². The zero-order valence-corrected chi connectivity index (χ0v) is 15.4. The second kappa shape index (κ2) is 8.13. The van der Waals surface area contributed by atoms with Crippen LogP contribution in [0.3, 0.4) is 0 Å². The number of benzene rings is 1. The van der Waals surface area contributed by atoms with Crippen LogP contribution in [0.2, 0.25) is 0 Å². The maximum Gasteiger partial charge on any atom is 0.257 e. The fourth-order valence-electron chi connectivity index (χ4n) is 3.44. The largest absolute Gasteiger partial charge is 0.354 e. The molecular weight excluding hydrogens is 326 g/mol. The average Bonchev–Trinajstić information content (AvgIpc) is 2.68. The van der Waals surface area contributed by atoms with Crippen molar-refractivity contribution in [1.82, 2.24) is 4.98 Å². The number of carbonyl (C=O) groups excluding carboxylic acids is 2. The highest BCUT2D eigenvalue weighted by Crippen LogP contribution is 2.25. The first-order valence-electron chi connectivity index (χ1n) is 9.23. The smallest absolute Gasteiger partial charge is 0.257 e. The molecule has 1 N–H and O–H groups in total. The minimum atomic E-state index is -0.226. The summed E-state index contributed by atoms with van der Waals surface area (Å²) < 4.78 is 0. The number of Topliss-reactive ketones (excluding diaryl/α,β-unsaturated/α-hetero) is 1. The van der Waals surface area contributed by atoms with Gasteiger partial charge >= 0.3 is 0 Å². The summed E-state index contributed by atoms with van der Waals surface area (Å²) in [6, 6.07) is 11.2. The number of hydrogen-bond acceptors (Lipinski definition) is 4. The van der Waals surface area contributed by atoms with Gasteiger partial charge in [0.2, 0.25) is 0 Å². The van der Waals surface area contributed by atoms with Gasteiger partial charge in [-0.25, -0.2) is 4.98 Å². The highest BCUT2D eigenvalue weighted by Gasteiger charge is 2.22. The standard InChI is InChI=1S/C21H25N3O2/c1-3-19-9-4-5-12-24(19)20-11-10-17(14-22-20)21(26)23-18-8-6-7-16(13-18)15(2)25/h6-8,10-11,13-14,19H,3-5,9,12H2,1-2H3,(H,23,26). The van der Waals surface area contributed by atoms with Crippen LogP contribution in [0.15, 0.2) is 42.6 Å². The number of hydrogen-bond donors (Lipinski definition) is 1. The zero-order valence-electron chi connectivity index (χ0n) is 15.4. The molecule has 1 atom stereocenters. The third-order valence-electron chi connectivity index (χ3n) is 4.93. The van der Waals surface area contributed by atoms with E-state index in [1.165, 1.54) is 26.2 Å². The van der Waals surface area contributed by atoms with Crippen molar-refractivity contribution in [3.8, 4) is 0 Å². The van der Waals surface area contributed by atoms with Gasteiger partial charge in [0.15, 0.2) is 5.78 Å². The second-order valence-corrected chi connectivity index (χ2v) is 6.75. The van der Waals surface area contributed by atoms with E-state index in [1.807, 2.05) is 12.1 Å². The summed E-state index contributed by atoms with van der Waals surface area (Å²) in [5.74, 6) is 0.682. The van der Waals surface area contributed by atoms with Crippen molar-refractivity contribution in [2.75, 3.05) is 16.8 Å². The highest BCUT2D eigenvalue weighted by atomic mass is 16.1. The summed E-state index contributed by atoms with van der Waals surface area (Å²) in [4.78, 5) is 30.8. The van der Waals surface area contributed by atoms with Crippen molar-refractivity contribution in [2.24, 2.45) is 0 Å². The number of amides is 1. The number of ketones is 1. The Balaban J connectivity index is 1.71. The van der Waals surface area contributed by atoms with Gasteiger partial charge in [0.05, 0.1) is 5.56 Å². The molecule has 1 saturated heterocycles. The topological polar surface area (TPSA) is 62.3 Å². The second-order valence-electron chi connectivity index (χ2n) is 6.75. The summed E-state index contributed by atoms with van der Waals surface area (Å²) in [7, 11) is 0. The van der Waals surface area contributed by atoms with Crippen LogP contribution in [-0.4, -0.2) is 29.3 Å². The molecule has 0 aliphatic carbocycles. The average molecular weight is 351 g/mol. The molecule has 1 fully saturated rings. The third kappa shape index (κ3) is 4.10. The SMILES string of the molecule is CCC1CCCCN1c1ccc(C(=O)Nc2cccc(C(C)=O)c2)cn1. The van der Waals surface area contributed by atoms with Gasteiger partial charge in [-0.05, 0) is 56.9 Å². The summed E-state index contributed by atoms with van der Waals surface area (Å²) >= 11 is 0. The number of pyridine rings is 1. The molecule has 0 radical (unpaired) electrons. The molecule has 136 valence electrons. The van der Waals surface area contributed by atoms with Gasteiger partial charge in [-0.2, -0.15) is 0 Å². The fourth-order valence-corrected chi connectivity index (χ4v) is 3.44. The number of aromatic nitrogens is 1. The first-order valence-corrected chi connectivity index (χ1v) is 9.23. The summed E-state index contributed by atoms with van der Waals surface area (Å²) in [6.45, 7) is 4.74. The molecule has 2 heterocycles. The first-order chi connectivity index (χ1) is 12.6. The van der Waals surface area contributed by atoms with E-state index < -0.39 is 0 Å². The molecule has 5 nitrogen and oxygen atoms in total. The molecule has 1 aromatic heterocycles. The highest BCUT2D eigenvalue weighted by molar-refractivity contribution is 6.05. The number of piperidine rings is 1. The number of carbonyl (C=O) groups is 2. The molecule has 1 unspecified atom stereocenters. The van der Waals surface area contributed by atoms with E-state index in [0.29, 0.717) is 22.9 Å². The lowest BCUT2D eigenvalue weighted by Gasteiger charge is -2.36. The number of nitrogens with one attached hydrogen (secondary N) is 1.